The standard InChI is InChI=1S/C13H21N2O3/c1-3-5-6-12(4-2)11-18-14-9-7-13(8-10-14)15(16)17/h7-10,12H,3-6,11H2,1-2H3/q+1. The summed E-state index contributed by atoms with van der Waals surface area (Å²) in [6.45, 7) is 4.99. The molecule has 1 rings (SSSR count). The van der Waals surface area contributed by atoms with Gasteiger partial charge < -0.3 is 0 Å². The molecule has 1 aromatic heterocycles. The molecule has 18 heavy (non-hydrogen) atoms. The fraction of sp³-hybridized carbons (Fsp3) is 0.615. The Morgan fingerprint density at radius 3 is 2.56 bits per heavy atom. The molecule has 0 aliphatic rings. The average Bonchev–Trinajstić information content (AvgIpc) is 2.39. The minimum absolute atomic E-state index is 0.0767. The number of nitro groups is 1. The highest BCUT2D eigenvalue weighted by molar-refractivity contribution is 5.23. The van der Waals surface area contributed by atoms with E-state index in [9.17, 15) is 10.1 Å². The molecule has 1 unspecified atom stereocenters. The number of hydrogen-bond donors (Lipinski definition) is 0. The third-order valence-electron chi connectivity index (χ3n) is 3.00. The number of nitrogens with zero attached hydrogens (tertiary/aromatic N) is 2. The van der Waals surface area contributed by atoms with Crippen LogP contribution in [0.15, 0.2) is 24.5 Å². The molecule has 0 aliphatic heterocycles. The van der Waals surface area contributed by atoms with Crippen molar-refractivity contribution < 1.29 is 14.5 Å². The molecule has 0 radical (unpaired) electrons. The summed E-state index contributed by atoms with van der Waals surface area (Å²) >= 11 is 0. The van der Waals surface area contributed by atoms with Crippen LogP contribution in [0.1, 0.15) is 39.5 Å². The Kier molecular flexibility index (Phi) is 6.11. The average molecular weight is 253 g/mol. The molecule has 0 aromatic carbocycles. The molecule has 1 heterocycles. The summed E-state index contributed by atoms with van der Waals surface area (Å²) in [5.41, 5.74) is 0.0767. The molecular weight excluding hydrogens is 232 g/mol. The van der Waals surface area contributed by atoms with Gasteiger partial charge in [0, 0.05) is 4.73 Å². The molecule has 1 atom stereocenters. The number of pyridine rings is 1. The van der Waals surface area contributed by atoms with Crippen LogP contribution in [0.5, 0.6) is 0 Å². The fourth-order valence-corrected chi connectivity index (χ4v) is 1.70. The van der Waals surface area contributed by atoms with E-state index in [1.54, 1.807) is 12.4 Å². The molecule has 5 nitrogen and oxygen atoms in total. The lowest BCUT2D eigenvalue weighted by Gasteiger charge is -2.11. The topological polar surface area (TPSA) is 56.2 Å². The Morgan fingerprint density at radius 1 is 1.39 bits per heavy atom. The van der Waals surface area contributed by atoms with Gasteiger partial charge in [-0.1, -0.05) is 26.7 Å². The minimum atomic E-state index is -0.416. The number of aromatic nitrogens is 1. The van der Waals surface area contributed by atoms with Crippen LogP contribution >= 0.6 is 0 Å². The predicted molar refractivity (Wildman–Crippen MR) is 68.0 cm³/mol. The third-order valence-corrected chi connectivity index (χ3v) is 3.00. The quantitative estimate of drug-likeness (QED) is 0.406. The van der Waals surface area contributed by atoms with Crippen LogP contribution in [0.25, 0.3) is 0 Å². The third kappa shape index (κ3) is 4.69. The van der Waals surface area contributed by atoms with Gasteiger partial charge in [-0.2, -0.15) is 0 Å². The first kappa shape index (κ1) is 14.4. The van der Waals surface area contributed by atoms with Gasteiger partial charge >= 0.3 is 0 Å². The summed E-state index contributed by atoms with van der Waals surface area (Å²) in [5, 5.41) is 10.5. The second-order valence-corrected chi connectivity index (χ2v) is 4.39. The van der Waals surface area contributed by atoms with E-state index in [1.165, 1.54) is 36.1 Å². The van der Waals surface area contributed by atoms with Crippen molar-refractivity contribution in [1.29, 1.82) is 0 Å². The molecular formula is C13H21N2O3+. The van der Waals surface area contributed by atoms with Crippen LogP contribution in [0, 0.1) is 16.0 Å². The van der Waals surface area contributed by atoms with Crippen molar-refractivity contribution in [3.8, 4) is 0 Å². The molecule has 0 spiro atoms. The van der Waals surface area contributed by atoms with E-state index >= 15 is 0 Å². The summed E-state index contributed by atoms with van der Waals surface area (Å²) in [7, 11) is 0. The van der Waals surface area contributed by atoms with E-state index in [0.717, 1.165) is 6.42 Å². The zero-order chi connectivity index (χ0) is 13.4. The van der Waals surface area contributed by atoms with Gasteiger partial charge in [0.2, 0.25) is 12.4 Å². The molecule has 0 N–H and O–H groups in total. The SMILES string of the molecule is CCCCC(CC)CO[n+]1ccc([N+](=O)[O-])cc1. The Morgan fingerprint density at radius 2 is 2.06 bits per heavy atom. The fourth-order valence-electron chi connectivity index (χ4n) is 1.70. The van der Waals surface area contributed by atoms with Crippen molar-refractivity contribution in [1.82, 2.24) is 0 Å². The van der Waals surface area contributed by atoms with Crippen LogP contribution in [-0.4, -0.2) is 11.5 Å². The van der Waals surface area contributed by atoms with Crippen LogP contribution < -0.4 is 9.57 Å². The summed E-state index contributed by atoms with van der Waals surface area (Å²) in [6, 6.07) is 2.87. The Bertz CT molecular complexity index is 365. The lowest BCUT2D eigenvalue weighted by Crippen LogP contribution is -2.43. The first-order chi connectivity index (χ1) is 8.67. The molecule has 0 aliphatic carbocycles. The van der Waals surface area contributed by atoms with E-state index in [4.69, 9.17) is 4.84 Å². The summed E-state index contributed by atoms with van der Waals surface area (Å²) < 4.78 is 1.53. The molecule has 100 valence electrons. The smallest absolute Gasteiger partial charge is 0.271 e. The lowest BCUT2D eigenvalue weighted by molar-refractivity contribution is -0.892. The molecule has 0 bridgehead atoms. The predicted octanol–water partition coefficient (Wildman–Crippen LogP) is 2.53. The second-order valence-electron chi connectivity index (χ2n) is 4.39. The van der Waals surface area contributed by atoms with Gasteiger partial charge in [-0.15, -0.1) is 0 Å². The van der Waals surface area contributed by atoms with Crippen LogP contribution in [0.2, 0.25) is 0 Å². The van der Waals surface area contributed by atoms with Gasteiger partial charge in [-0.3, -0.25) is 15.0 Å². The minimum Gasteiger partial charge on any atom is -0.271 e. The number of unbranched alkanes of at least 4 members (excludes halogenated alkanes) is 1. The highest BCUT2D eigenvalue weighted by Gasteiger charge is 2.12. The Balaban J connectivity index is 2.44. The van der Waals surface area contributed by atoms with Gasteiger partial charge in [0.25, 0.3) is 5.69 Å². The highest BCUT2D eigenvalue weighted by atomic mass is 16.7. The maximum absolute atomic E-state index is 10.5. The van der Waals surface area contributed by atoms with E-state index < -0.39 is 4.92 Å². The van der Waals surface area contributed by atoms with Crippen LogP contribution in [0.3, 0.4) is 0 Å². The second kappa shape index (κ2) is 7.63. The van der Waals surface area contributed by atoms with Crippen molar-refractivity contribution in [2.45, 2.75) is 39.5 Å². The molecule has 5 heteroatoms. The Hall–Kier alpha value is -1.65. The molecule has 1 aromatic rings. The van der Waals surface area contributed by atoms with Crippen molar-refractivity contribution in [3.05, 3.63) is 34.6 Å². The summed E-state index contributed by atoms with van der Waals surface area (Å²) in [4.78, 5) is 15.7. The highest BCUT2D eigenvalue weighted by Crippen LogP contribution is 2.11. The normalized spacial score (nSPS) is 12.1. The maximum atomic E-state index is 10.5. The summed E-state index contributed by atoms with van der Waals surface area (Å²) in [5.74, 6) is 0.549. The monoisotopic (exact) mass is 253 g/mol. The molecule has 0 saturated carbocycles. The van der Waals surface area contributed by atoms with E-state index in [0.29, 0.717) is 12.5 Å². The van der Waals surface area contributed by atoms with Crippen LogP contribution in [-0.2, 0) is 0 Å². The van der Waals surface area contributed by atoms with Crippen LogP contribution in [0.4, 0.5) is 5.69 Å². The Labute approximate surface area is 108 Å². The van der Waals surface area contributed by atoms with Crippen molar-refractivity contribution in [2.24, 2.45) is 5.92 Å². The number of hydrogen-bond acceptors (Lipinski definition) is 3. The number of rotatable bonds is 8. The zero-order valence-corrected chi connectivity index (χ0v) is 11.0. The largest absolute Gasteiger partial charge is 0.281 e. The van der Waals surface area contributed by atoms with Gasteiger partial charge in [0.1, 0.15) is 0 Å². The molecule has 0 saturated heterocycles. The van der Waals surface area contributed by atoms with Gasteiger partial charge in [0.05, 0.1) is 17.1 Å². The first-order valence-corrected chi connectivity index (χ1v) is 6.46. The van der Waals surface area contributed by atoms with Crippen molar-refractivity contribution >= 4 is 5.69 Å². The molecule has 0 fully saturated rings. The zero-order valence-electron chi connectivity index (χ0n) is 11.0. The maximum Gasteiger partial charge on any atom is 0.281 e. The van der Waals surface area contributed by atoms with Gasteiger partial charge in [0.15, 0.2) is 6.61 Å². The van der Waals surface area contributed by atoms with E-state index in [1.807, 2.05) is 0 Å². The van der Waals surface area contributed by atoms with E-state index in [-0.39, 0.29) is 5.69 Å². The van der Waals surface area contributed by atoms with Gasteiger partial charge in [-0.25, -0.2) is 0 Å². The van der Waals surface area contributed by atoms with Gasteiger partial charge in [-0.05, 0) is 18.8 Å². The summed E-state index contributed by atoms with van der Waals surface area (Å²) in [6.07, 6.45) is 7.82. The first-order valence-electron chi connectivity index (χ1n) is 6.46. The lowest BCUT2D eigenvalue weighted by atomic mass is 10.0. The van der Waals surface area contributed by atoms with Crippen molar-refractivity contribution in [3.63, 3.8) is 0 Å². The van der Waals surface area contributed by atoms with Crippen molar-refractivity contribution in [2.75, 3.05) is 6.61 Å². The molecule has 0 amide bonds. The van der Waals surface area contributed by atoms with E-state index in [2.05, 4.69) is 13.8 Å².